The van der Waals surface area contributed by atoms with E-state index in [0.29, 0.717) is 13.0 Å². The molecule has 4 N–H and O–H groups in total. The molecule has 0 radical (unpaired) electrons. The van der Waals surface area contributed by atoms with Gasteiger partial charge >= 0.3 is 5.97 Å². The third-order valence-electron chi connectivity index (χ3n) is 3.20. The minimum atomic E-state index is -1.03. The lowest BCUT2D eigenvalue weighted by Gasteiger charge is -2.25. The number of hydrogen-bond acceptors (Lipinski definition) is 4. The molecule has 18 heavy (non-hydrogen) atoms. The number of nitrogens with zero attached hydrogens (tertiary/aromatic N) is 1. The SMILES string of the molecule is NC(CCNC(=O)CCN1CCCCC1)C(=O)O. The summed E-state index contributed by atoms with van der Waals surface area (Å²) in [6.45, 7) is 3.28. The van der Waals surface area contributed by atoms with E-state index in [2.05, 4.69) is 10.2 Å². The van der Waals surface area contributed by atoms with Crippen LogP contribution in [-0.2, 0) is 9.59 Å². The maximum Gasteiger partial charge on any atom is 0.320 e. The fourth-order valence-electron chi connectivity index (χ4n) is 2.02. The number of carboxylic acids is 1. The molecule has 1 unspecified atom stereocenters. The Balaban J connectivity index is 2.04. The zero-order valence-corrected chi connectivity index (χ0v) is 10.7. The number of nitrogens with two attached hydrogens (primary N) is 1. The minimum absolute atomic E-state index is 0.0295. The van der Waals surface area contributed by atoms with Crippen molar-refractivity contribution in [3.8, 4) is 0 Å². The number of hydrogen-bond donors (Lipinski definition) is 3. The van der Waals surface area contributed by atoms with Gasteiger partial charge in [0.25, 0.3) is 0 Å². The van der Waals surface area contributed by atoms with Crippen LogP contribution in [0, 0.1) is 0 Å². The summed E-state index contributed by atoms with van der Waals surface area (Å²) in [4.78, 5) is 24.3. The first-order valence-corrected chi connectivity index (χ1v) is 6.57. The third-order valence-corrected chi connectivity index (χ3v) is 3.20. The molecule has 1 aliphatic rings. The molecule has 0 saturated carbocycles. The number of carbonyl (C=O) groups is 2. The van der Waals surface area contributed by atoms with Crippen molar-refractivity contribution in [2.45, 2.75) is 38.1 Å². The van der Waals surface area contributed by atoms with Crippen LogP contribution in [0.5, 0.6) is 0 Å². The minimum Gasteiger partial charge on any atom is -0.480 e. The lowest BCUT2D eigenvalue weighted by Crippen LogP contribution is -2.37. The highest BCUT2D eigenvalue weighted by Gasteiger charge is 2.13. The number of nitrogens with one attached hydrogen (secondary N) is 1. The number of amides is 1. The number of aliphatic carboxylic acids is 1. The summed E-state index contributed by atoms with van der Waals surface area (Å²) in [6, 6.07) is -0.896. The number of likely N-dealkylation sites (tertiary alicyclic amines) is 1. The zero-order chi connectivity index (χ0) is 13.4. The first kappa shape index (κ1) is 14.9. The Hall–Kier alpha value is -1.14. The van der Waals surface area contributed by atoms with Crippen LogP contribution < -0.4 is 11.1 Å². The lowest BCUT2D eigenvalue weighted by atomic mass is 10.1. The van der Waals surface area contributed by atoms with E-state index in [9.17, 15) is 9.59 Å². The molecular formula is C12H23N3O3. The molecule has 1 aliphatic heterocycles. The van der Waals surface area contributed by atoms with E-state index in [1.54, 1.807) is 0 Å². The molecule has 0 bridgehead atoms. The van der Waals surface area contributed by atoms with Crippen LogP contribution in [0.15, 0.2) is 0 Å². The number of rotatable bonds is 7. The molecule has 0 aromatic rings. The number of carbonyl (C=O) groups excluding carboxylic acids is 1. The van der Waals surface area contributed by atoms with Crippen LogP contribution in [0.4, 0.5) is 0 Å². The molecule has 0 spiro atoms. The van der Waals surface area contributed by atoms with Crippen molar-refractivity contribution in [3.63, 3.8) is 0 Å². The topological polar surface area (TPSA) is 95.7 Å². The molecule has 6 heteroatoms. The third kappa shape index (κ3) is 5.97. The van der Waals surface area contributed by atoms with Crippen molar-refractivity contribution >= 4 is 11.9 Å². The Bertz CT molecular complexity index is 278. The largest absolute Gasteiger partial charge is 0.480 e. The van der Waals surface area contributed by atoms with E-state index < -0.39 is 12.0 Å². The molecule has 0 aromatic carbocycles. The Morgan fingerprint density at radius 3 is 2.56 bits per heavy atom. The van der Waals surface area contributed by atoms with Crippen molar-refractivity contribution in [3.05, 3.63) is 0 Å². The predicted octanol–water partition coefficient (Wildman–Crippen LogP) is -0.219. The van der Waals surface area contributed by atoms with Gasteiger partial charge in [-0.05, 0) is 32.4 Å². The van der Waals surface area contributed by atoms with Crippen LogP contribution in [0.3, 0.4) is 0 Å². The van der Waals surface area contributed by atoms with Crippen LogP contribution in [0.1, 0.15) is 32.1 Å². The summed E-state index contributed by atoms with van der Waals surface area (Å²) < 4.78 is 0. The quantitative estimate of drug-likeness (QED) is 0.586. The number of piperidine rings is 1. The molecule has 0 aliphatic carbocycles. The van der Waals surface area contributed by atoms with Gasteiger partial charge in [-0.1, -0.05) is 6.42 Å². The van der Waals surface area contributed by atoms with E-state index in [1.165, 1.54) is 19.3 Å². The van der Waals surface area contributed by atoms with Gasteiger partial charge in [-0.15, -0.1) is 0 Å². The summed E-state index contributed by atoms with van der Waals surface area (Å²) in [5.74, 6) is -1.06. The molecular weight excluding hydrogens is 234 g/mol. The molecule has 1 amide bonds. The van der Waals surface area contributed by atoms with Crippen LogP contribution >= 0.6 is 0 Å². The molecule has 1 rings (SSSR count). The maximum absolute atomic E-state index is 11.5. The molecule has 1 saturated heterocycles. The highest BCUT2D eigenvalue weighted by molar-refractivity contribution is 5.76. The van der Waals surface area contributed by atoms with Gasteiger partial charge in [-0.3, -0.25) is 9.59 Å². The van der Waals surface area contributed by atoms with E-state index in [4.69, 9.17) is 10.8 Å². The Morgan fingerprint density at radius 1 is 1.28 bits per heavy atom. The van der Waals surface area contributed by atoms with E-state index in [1.807, 2.05) is 0 Å². The van der Waals surface area contributed by atoms with E-state index in [-0.39, 0.29) is 12.3 Å². The molecule has 1 fully saturated rings. The van der Waals surface area contributed by atoms with Crippen LogP contribution in [-0.4, -0.2) is 54.1 Å². The fraction of sp³-hybridized carbons (Fsp3) is 0.833. The van der Waals surface area contributed by atoms with E-state index >= 15 is 0 Å². The summed E-state index contributed by atoms with van der Waals surface area (Å²) in [6.07, 6.45) is 4.47. The highest BCUT2D eigenvalue weighted by atomic mass is 16.4. The zero-order valence-electron chi connectivity index (χ0n) is 10.7. The summed E-state index contributed by atoms with van der Waals surface area (Å²) in [5.41, 5.74) is 5.33. The van der Waals surface area contributed by atoms with Gasteiger partial charge in [0, 0.05) is 19.5 Å². The Morgan fingerprint density at radius 2 is 1.94 bits per heavy atom. The molecule has 6 nitrogen and oxygen atoms in total. The second-order valence-electron chi connectivity index (χ2n) is 4.74. The van der Waals surface area contributed by atoms with Crippen molar-refractivity contribution in [2.75, 3.05) is 26.2 Å². The van der Waals surface area contributed by atoms with Gasteiger partial charge in [0.05, 0.1) is 0 Å². The average Bonchev–Trinajstić information content (AvgIpc) is 2.37. The highest BCUT2D eigenvalue weighted by Crippen LogP contribution is 2.08. The van der Waals surface area contributed by atoms with E-state index in [0.717, 1.165) is 19.6 Å². The summed E-state index contributed by atoms with van der Waals surface area (Å²) >= 11 is 0. The average molecular weight is 257 g/mol. The summed E-state index contributed by atoms with van der Waals surface area (Å²) in [7, 11) is 0. The normalized spacial score (nSPS) is 18.3. The standard InChI is InChI=1S/C12H23N3O3/c13-10(12(17)18)4-6-14-11(16)5-9-15-7-2-1-3-8-15/h10H,1-9,13H2,(H,14,16)(H,17,18). The molecule has 1 heterocycles. The van der Waals surface area contributed by atoms with Gasteiger partial charge in [0.2, 0.25) is 5.91 Å². The fourth-order valence-corrected chi connectivity index (χ4v) is 2.02. The van der Waals surface area contributed by atoms with Crippen molar-refractivity contribution in [1.29, 1.82) is 0 Å². The first-order chi connectivity index (χ1) is 8.59. The maximum atomic E-state index is 11.5. The molecule has 104 valence electrons. The Labute approximate surface area is 108 Å². The molecule has 1 atom stereocenters. The van der Waals surface area contributed by atoms with Crippen LogP contribution in [0.2, 0.25) is 0 Å². The van der Waals surface area contributed by atoms with Gasteiger partial charge < -0.3 is 21.1 Å². The van der Waals surface area contributed by atoms with Crippen molar-refractivity contribution < 1.29 is 14.7 Å². The monoisotopic (exact) mass is 257 g/mol. The second-order valence-corrected chi connectivity index (χ2v) is 4.74. The van der Waals surface area contributed by atoms with Gasteiger partial charge in [0.15, 0.2) is 0 Å². The Kier molecular flexibility index (Phi) is 6.67. The van der Waals surface area contributed by atoms with Gasteiger partial charge in [-0.2, -0.15) is 0 Å². The van der Waals surface area contributed by atoms with Gasteiger partial charge in [0.1, 0.15) is 6.04 Å². The summed E-state index contributed by atoms with van der Waals surface area (Å²) in [5, 5.41) is 11.3. The van der Waals surface area contributed by atoms with Crippen molar-refractivity contribution in [1.82, 2.24) is 10.2 Å². The van der Waals surface area contributed by atoms with Crippen molar-refractivity contribution in [2.24, 2.45) is 5.73 Å². The van der Waals surface area contributed by atoms with Crippen LogP contribution in [0.25, 0.3) is 0 Å². The predicted molar refractivity (Wildman–Crippen MR) is 68.1 cm³/mol. The lowest BCUT2D eigenvalue weighted by molar-refractivity contribution is -0.138. The number of carboxylic acid groups (broad SMARTS) is 1. The smallest absolute Gasteiger partial charge is 0.320 e. The first-order valence-electron chi connectivity index (χ1n) is 6.57. The van der Waals surface area contributed by atoms with Gasteiger partial charge in [-0.25, -0.2) is 0 Å². The second kappa shape index (κ2) is 8.05. The molecule has 0 aromatic heterocycles.